The number of aromatic carboxylic acids is 1. The minimum atomic E-state index is -1.01. The van der Waals surface area contributed by atoms with Gasteiger partial charge >= 0.3 is 5.97 Å². The Morgan fingerprint density at radius 1 is 1.26 bits per heavy atom. The van der Waals surface area contributed by atoms with Crippen molar-refractivity contribution in [2.24, 2.45) is 0 Å². The number of methoxy groups -OCH3 is 1. The first-order valence-electron chi connectivity index (χ1n) is 5.87. The summed E-state index contributed by atoms with van der Waals surface area (Å²) in [6, 6.07) is 4.38. The summed E-state index contributed by atoms with van der Waals surface area (Å²) in [6.45, 7) is 2.17. The molecule has 106 valence electrons. The number of carbonyl (C=O) groups is 1. The van der Waals surface area contributed by atoms with Gasteiger partial charge in [0.2, 0.25) is 0 Å². The van der Waals surface area contributed by atoms with E-state index in [9.17, 15) is 4.79 Å². The second kappa shape index (κ2) is 8.74. The van der Waals surface area contributed by atoms with Gasteiger partial charge in [-0.1, -0.05) is 11.6 Å². The van der Waals surface area contributed by atoms with Crippen LogP contribution in [0.4, 0.5) is 0 Å². The average Bonchev–Trinajstić information content (AvgIpc) is 2.39. The Labute approximate surface area is 117 Å². The van der Waals surface area contributed by atoms with Crippen molar-refractivity contribution < 1.29 is 24.1 Å². The van der Waals surface area contributed by atoms with Crippen molar-refractivity contribution in [2.75, 3.05) is 33.5 Å². The van der Waals surface area contributed by atoms with Gasteiger partial charge in [-0.2, -0.15) is 0 Å². The predicted octanol–water partition coefficient (Wildman–Crippen LogP) is 2.47. The molecule has 0 aliphatic rings. The molecular weight excluding hydrogens is 272 g/mol. The number of hydrogen-bond donors (Lipinski definition) is 1. The molecule has 0 radical (unpaired) electrons. The van der Waals surface area contributed by atoms with E-state index in [0.717, 1.165) is 6.42 Å². The molecule has 0 unspecified atom stereocenters. The van der Waals surface area contributed by atoms with Crippen LogP contribution < -0.4 is 4.74 Å². The van der Waals surface area contributed by atoms with Crippen LogP contribution in [0.5, 0.6) is 5.75 Å². The van der Waals surface area contributed by atoms with E-state index in [1.165, 1.54) is 12.1 Å². The van der Waals surface area contributed by atoms with Gasteiger partial charge in [0.15, 0.2) is 0 Å². The molecule has 6 heteroatoms. The summed E-state index contributed by atoms with van der Waals surface area (Å²) >= 11 is 5.92. The highest BCUT2D eigenvalue weighted by Gasteiger charge is 2.07. The van der Waals surface area contributed by atoms with Gasteiger partial charge in [-0.25, -0.2) is 4.79 Å². The largest absolute Gasteiger partial charge is 0.492 e. The molecule has 1 aromatic carbocycles. The van der Waals surface area contributed by atoms with E-state index in [1.54, 1.807) is 13.2 Å². The standard InChI is InChI=1S/C13H17ClO5/c1-17-7-8-18-5-2-6-19-12-4-3-10(13(15)16)9-11(12)14/h3-4,9H,2,5-8H2,1H3,(H,15,16). The number of benzene rings is 1. The van der Waals surface area contributed by atoms with E-state index in [1.807, 2.05) is 0 Å². The Morgan fingerprint density at radius 2 is 2.05 bits per heavy atom. The Morgan fingerprint density at radius 3 is 2.68 bits per heavy atom. The molecule has 5 nitrogen and oxygen atoms in total. The Bertz CT molecular complexity index is 408. The fourth-order valence-corrected chi connectivity index (χ4v) is 1.57. The number of carboxylic acid groups (broad SMARTS) is 1. The summed E-state index contributed by atoms with van der Waals surface area (Å²) in [5.41, 5.74) is 0.139. The molecule has 0 amide bonds. The first-order chi connectivity index (χ1) is 9.15. The highest BCUT2D eigenvalue weighted by atomic mass is 35.5. The van der Waals surface area contributed by atoms with Crippen LogP contribution in [-0.2, 0) is 9.47 Å². The van der Waals surface area contributed by atoms with Gasteiger partial charge in [0.25, 0.3) is 0 Å². The molecule has 0 aliphatic carbocycles. The van der Waals surface area contributed by atoms with E-state index in [4.69, 9.17) is 30.9 Å². The Hall–Kier alpha value is -1.30. The Balaban J connectivity index is 2.28. The van der Waals surface area contributed by atoms with Crippen LogP contribution in [-0.4, -0.2) is 44.6 Å². The highest BCUT2D eigenvalue weighted by Crippen LogP contribution is 2.25. The third kappa shape index (κ3) is 5.92. The molecular formula is C13H17ClO5. The first kappa shape index (κ1) is 15.8. The van der Waals surface area contributed by atoms with Crippen molar-refractivity contribution in [3.05, 3.63) is 28.8 Å². The molecule has 1 N–H and O–H groups in total. The van der Waals surface area contributed by atoms with Crippen LogP contribution in [0.3, 0.4) is 0 Å². The van der Waals surface area contributed by atoms with Crippen molar-refractivity contribution in [1.29, 1.82) is 0 Å². The average molecular weight is 289 g/mol. The molecule has 0 aliphatic heterocycles. The quantitative estimate of drug-likeness (QED) is 0.707. The zero-order chi connectivity index (χ0) is 14.1. The fraction of sp³-hybridized carbons (Fsp3) is 0.462. The molecule has 0 saturated carbocycles. The summed E-state index contributed by atoms with van der Waals surface area (Å²) in [4.78, 5) is 10.7. The highest BCUT2D eigenvalue weighted by molar-refractivity contribution is 6.32. The van der Waals surface area contributed by atoms with Crippen LogP contribution in [0.2, 0.25) is 5.02 Å². The second-order valence-electron chi connectivity index (χ2n) is 3.76. The van der Waals surface area contributed by atoms with Crippen LogP contribution in [0, 0.1) is 0 Å². The third-order valence-electron chi connectivity index (χ3n) is 2.30. The first-order valence-corrected chi connectivity index (χ1v) is 6.25. The molecule has 0 spiro atoms. The van der Waals surface area contributed by atoms with Gasteiger partial charge in [-0.3, -0.25) is 0 Å². The maximum atomic E-state index is 10.7. The lowest BCUT2D eigenvalue weighted by molar-refractivity contribution is 0.0644. The lowest BCUT2D eigenvalue weighted by Gasteiger charge is -2.08. The molecule has 19 heavy (non-hydrogen) atoms. The minimum Gasteiger partial charge on any atom is -0.492 e. The van der Waals surface area contributed by atoms with E-state index in [-0.39, 0.29) is 5.56 Å². The fourth-order valence-electron chi connectivity index (χ4n) is 1.34. The van der Waals surface area contributed by atoms with Crippen molar-refractivity contribution in [3.8, 4) is 5.75 Å². The van der Waals surface area contributed by atoms with Crippen molar-refractivity contribution in [3.63, 3.8) is 0 Å². The molecule has 1 aromatic rings. The molecule has 0 saturated heterocycles. The third-order valence-corrected chi connectivity index (χ3v) is 2.60. The van der Waals surface area contributed by atoms with Crippen molar-refractivity contribution >= 4 is 17.6 Å². The number of carboxylic acids is 1. The van der Waals surface area contributed by atoms with Crippen LogP contribution >= 0.6 is 11.6 Å². The maximum Gasteiger partial charge on any atom is 0.335 e. The van der Waals surface area contributed by atoms with Gasteiger partial charge in [0.05, 0.1) is 30.4 Å². The monoisotopic (exact) mass is 288 g/mol. The van der Waals surface area contributed by atoms with Gasteiger partial charge in [0, 0.05) is 20.1 Å². The van der Waals surface area contributed by atoms with Gasteiger partial charge < -0.3 is 19.3 Å². The Kier molecular flexibility index (Phi) is 7.25. The van der Waals surface area contributed by atoms with E-state index >= 15 is 0 Å². The van der Waals surface area contributed by atoms with E-state index < -0.39 is 5.97 Å². The molecule has 0 bridgehead atoms. The summed E-state index contributed by atoms with van der Waals surface area (Å²) in [5.74, 6) is -0.538. The van der Waals surface area contributed by atoms with Crippen molar-refractivity contribution in [1.82, 2.24) is 0 Å². The molecule has 1 rings (SSSR count). The smallest absolute Gasteiger partial charge is 0.335 e. The van der Waals surface area contributed by atoms with Gasteiger partial charge in [-0.05, 0) is 18.2 Å². The molecule has 0 fully saturated rings. The number of halogens is 1. The summed E-state index contributed by atoms with van der Waals surface area (Å²) in [6.07, 6.45) is 0.723. The molecule has 0 heterocycles. The zero-order valence-electron chi connectivity index (χ0n) is 10.7. The predicted molar refractivity (Wildman–Crippen MR) is 71.2 cm³/mol. The van der Waals surface area contributed by atoms with Gasteiger partial charge in [0.1, 0.15) is 5.75 Å². The summed E-state index contributed by atoms with van der Waals surface area (Å²) in [7, 11) is 1.62. The second-order valence-corrected chi connectivity index (χ2v) is 4.16. The maximum absolute atomic E-state index is 10.7. The van der Waals surface area contributed by atoms with Crippen LogP contribution in [0.15, 0.2) is 18.2 Å². The van der Waals surface area contributed by atoms with E-state index in [2.05, 4.69) is 0 Å². The van der Waals surface area contributed by atoms with Crippen LogP contribution in [0.25, 0.3) is 0 Å². The van der Waals surface area contributed by atoms with Crippen LogP contribution in [0.1, 0.15) is 16.8 Å². The van der Waals surface area contributed by atoms with Gasteiger partial charge in [-0.15, -0.1) is 0 Å². The lowest BCUT2D eigenvalue weighted by Crippen LogP contribution is -2.07. The van der Waals surface area contributed by atoms with Crippen molar-refractivity contribution in [2.45, 2.75) is 6.42 Å². The topological polar surface area (TPSA) is 65.0 Å². The number of rotatable bonds is 9. The normalized spacial score (nSPS) is 10.4. The SMILES string of the molecule is COCCOCCCOc1ccc(C(=O)O)cc1Cl. The number of hydrogen-bond acceptors (Lipinski definition) is 4. The summed E-state index contributed by atoms with van der Waals surface area (Å²) in [5, 5.41) is 9.08. The number of ether oxygens (including phenoxy) is 3. The van der Waals surface area contributed by atoms with E-state index in [0.29, 0.717) is 37.2 Å². The minimum absolute atomic E-state index is 0.139. The summed E-state index contributed by atoms with van der Waals surface area (Å²) < 4.78 is 15.6. The molecule has 0 aromatic heterocycles. The zero-order valence-corrected chi connectivity index (χ0v) is 11.5. The lowest BCUT2D eigenvalue weighted by atomic mass is 10.2. The molecule has 0 atom stereocenters.